The minimum Gasteiger partial charge on any atom is -0.384 e. The maximum atomic E-state index is 12.8. The quantitative estimate of drug-likeness (QED) is 0.421. The highest BCUT2D eigenvalue weighted by Crippen LogP contribution is 2.24. The zero-order valence-electron chi connectivity index (χ0n) is 15.8. The van der Waals surface area contributed by atoms with Crippen LogP contribution in [-0.2, 0) is 6.42 Å². The molecule has 1 amide bonds. The van der Waals surface area contributed by atoms with E-state index in [0.29, 0.717) is 24.3 Å². The number of nitro groups is 2. The predicted molar refractivity (Wildman–Crippen MR) is 113 cm³/mol. The SMILES string of the molecule is O=C(Nc1ccc([N+](=O)[O-])cc1)c1cc([N+](=O)[O-])ccc1NCCc1ccccc1. The summed E-state index contributed by atoms with van der Waals surface area (Å²) in [5.74, 6) is -0.560. The lowest BCUT2D eigenvalue weighted by Gasteiger charge is -2.12. The smallest absolute Gasteiger partial charge is 0.270 e. The van der Waals surface area contributed by atoms with E-state index < -0.39 is 15.8 Å². The summed E-state index contributed by atoms with van der Waals surface area (Å²) >= 11 is 0. The first kappa shape index (κ1) is 20.5. The van der Waals surface area contributed by atoms with Crippen LogP contribution in [0.4, 0.5) is 22.7 Å². The lowest BCUT2D eigenvalue weighted by Crippen LogP contribution is -2.16. The number of carbonyl (C=O) groups excluding carboxylic acids is 1. The summed E-state index contributed by atoms with van der Waals surface area (Å²) in [5, 5.41) is 27.6. The van der Waals surface area contributed by atoms with Crippen LogP contribution < -0.4 is 10.6 Å². The van der Waals surface area contributed by atoms with Crippen molar-refractivity contribution < 1.29 is 14.6 Å². The van der Waals surface area contributed by atoms with Crippen LogP contribution >= 0.6 is 0 Å². The van der Waals surface area contributed by atoms with Crippen molar-refractivity contribution in [1.29, 1.82) is 0 Å². The van der Waals surface area contributed by atoms with Gasteiger partial charge in [0, 0.05) is 42.2 Å². The largest absolute Gasteiger partial charge is 0.384 e. The molecule has 0 aliphatic carbocycles. The normalized spacial score (nSPS) is 10.3. The average molecular weight is 406 g/mol. The summed E-state index contributed by atoms with van der Waals surface area (Å²) < 4.78 is 0. The summed E-state index contributed by atoms with van der Waals surface area (Å²) in [5.41, 5.74) is 1.70. The highest BCUT2D eigenvalue weighted by molar-refractivity contribution is 6.08. The molecule has 30 heavy (non-hydrogen) atoms. The minimum absolute atomic E-state index is 0.105. The second-order valence-electron chi connectivity index (χ2n) is 6.41. The van der Waals surface area contributed by atoms with E-state index in [2.05, 4.69) is 10.6 Å². The maximum absolute atomic E-state index is 12.8. The van der Waals surface area contributed by atoms with Crippen molar-refractivity contribution in [2.75, 3.05) is 17.2 Å². The van der Waals surface area contributed by atoms with Crippen molar-refractivity contribution in [2.24, 2.45) is 0 Å². The summed E-state index contributed by atoms with van der Waals surface area (Å²) in [6.07, 6.45) is 0.710. The Bertz CT molecular complexity index is 1070. The molecule has 152 valence electrons. The second-order valence-corrected chi connectivity index (χ2v) is 6.41. The van der Waals surface area contributed by atoms with Crippen LogP contribution in [0.5, 0.6) is 0 Å². The van der Waals surface area contributed by atoms with Gasteiger partial charge in [0.15, 0.2) is 0 Å². The molecule has 0 bridgehead atoms. The summed E-state index contributed by atoms with van der Waals surface area (Å²) in [7, 11) is 0. The molecule has 9 nitrogen and oxygen atoms in total. The fourth-order valence-electron chi connectivity index (χ4n) is 2.84. The zero-order valence-corrected chi connectivity index (χ0v) is 15.8. The number of non-ortho nitro benzene ring substituents is 2. The van der Waals surface area contributed by atoms with Crippen LogP contribution in [0.1, 0.15) is 15.9 Å². The van der Waals surface area contributed by atoms with Gasteiger partial charge < -0.3 is 10.6 Å². The van der Waals surface area contributed by atoms with E-state index >= 15 is 0 Å². The molecule has 0 spiro atoms. The fourth-order valence-corrected chi connectivity index (χ4v) is 2.84. The van der Waals surface area contributed by atoms with Crippen LogP contribution in [0.25, 0.3) is 0 Å². The van der Waals surface area contributed by atoms with Crippen molar-refractivity contribution in [3.05, 3.63) is 104 Å². The number of carbonyl (C=O) groups is 1. The molecule has 3 aromatic rings. The third kappa shape index (κ3) is 5.16. The Morgan fingerprint density at radius 1 is 0.833 bits per heavy atom. The molecule has 0 atom stereocenters. The van der Waals surface area contributed by atoms with E-state index in [4.69, 9.17) is 0 Å². The molecule has 3 rings (SSSR count). The second kappa shape index (κ2) is 9.28. The van der Waals surface area contributed by atoms with Crippen LogP contribution in [-0.4, -0.2) is 22.3 Å². The first-order valence-electron chi connectivity index (χ1n) is 9.06. The Morgan fingerprint density at radius 3 is 2.10 bits per heavy atom. The van der Waals surface area contributed by atoms with E-state index in [1.165, 1.54) is 42.5 Å². The Balaban J connectivity index is 1.77. The van der Waals surface area contributed by atoms with Gasteiger partial charge >= 0.3 is 0 Å². The molecule has 0 saturated carbocycles. The number of nitrogens with one attached hydrogen (secondary N) is 2. The van der Waals surface area contributed by atoms with Gasteiger partial charge in [-0.25, -0.2) is 0 Å². The molecular weight excluding hydrogens is 388 g/mol. The maximum Gasteiger partial charge on any atom is 0.270 e. The van der Waals surface area contributed by atoms with Crippen LogP contribution in [0.3, 0.4) is 0 Å². The minimum atomic E-state index is -0.573. The van der Waals surface area contributed by atoms with Gasteiger partial charge in [-0.3, -0.25) is 25.0 Å². The van der Waals surface area contributed by atoms with Crippen molar-refractivity contribution >= 4 is 28.7 Å². The van der Waals surface area contributed by atoms with Crippen molar-refractivity contribution in [3.63, 3.8) is 0 Å². The lowest BCUT2D eigenvalue weighted by atomic mass is 10.1. The number of benzene rings is 3. The zero-order chi connectivity index (χ0) is 21.5. The van der Waals surface area contributed by atoms with E-state index in [1.54, 1.807) is 0 Å². The lowest BCUT2D eigenvalue weighted by molar-refractivity contribution is -0.385. The number of rotatable bonds is 8. The van der Waals surface area contributed by atoms with E-state index in [1.807, 2.05) is 30.3 Å². The molecule has 0 fully saturated rings. The molecule has 0 saturated heterocycles. The molecule has 0 radical (unpaired) electrons. The van der Waals surface area contributed by atoms with Gasteiger partial charge in [0.2, 0.25) is 0 Å². The number of hydrogen-bond acceptors (Lipinski definition) is 6. The number of anilines is 2. The molecule has 3 aromatic carbocycles. The predicted octanol–water partition coefficient (Wildman–Crippen LogP) is 4.41. The summed E-state index contributed by atoms with van der Waals surface area (Å²) in [6.45, 7) is 0.527. The first-order valence-corrected chi connectivity index (χ1v) is 9.06. The molecule has 9 heteroatoms. The monoisotopic (exact) mass is 406 g/mol. The molecular formula is C21H18N4O5. The van der Waals surface area contributed by atoms with Crippen molar-refractivity contribution in [1.82, 2.24) is 0 Å². The van der Waals surface area contributed by atoms with Gasteiger partial charge in [-0.05, 0) is 30.2 Å². The number of hydrogen-bond donors (Lipinski definition) is 2. The topological polar surface area (TPSA) is 127 Å². The van der Waals surface area contributed by atoms with Crippen molar-refractivity contribution in [3.8, 4) is 0 Å². The van der Waals surface area contributed by atoms with Gasteiger partial charge in [-0.15, -0.1) is 0 Å². The number of amides is 1. The van der Waals surface area contributed by atoms with Crippen LogP contribution in [0.15, 0.2) is 72.8 Å². The van der Waals surface area contributed by atoms with E-state index in [-0.39, 0.29) is 16.9 Å². The van der Waals surface area contributed by atoms with Gasteiger partial charge in [0.1, 0.15) is 0 Å². The molecule has 0 heterocycles. The Hall–Kier alpha value is -4.27. The van der Waals surface area contributed by atoms with Crippen molar-refractivity contribution in [2.45, 2.75) is 6.42 Å². The van der Waals surface area contributed by atoms with E-state index in [0.717, 1.165) is 5.56 Å². The highest BCUT2D eigenvalue weighted by Gasteiger charge is 2.17. The Labute approximate surface area is 171 Å². The van der Waals surface area contributed by atoms with E-state index in [9.17, 15) is 25.0 Å². The first-order chi connectivity index (χ1) is 14.4. The number of nitrogens with zero attached hydrogens (tertiary/aromatic N) is 2. The standard InChI is InChI=1S/C21H18N4O5/c26-21(23-16-6-8-17(9-7-16)24(27)28)19-14-18(25(29)30)10-11-20(19)22-13-12-15-4-2-1-3-5-15/h1-11,14,22H,12-13H2,(H,23,26). The van der Waals surface area contributed by atoms with Gasteiger partial charge in [-0.2, -0.15) is 0 Å². The summed E-state index contributed by atoms with van der Waals surface area (Å²) in [6, 6.07) is 19.1. The summed E-state index contributed by atoms with van der Waals surface area (Å²) in [4.78, 5) is 33.5. The molecule has 0 aliphatic heterocycles. The molecule has 2 N–H and O–H groups in total. The Kier molecular flexibility index (Phi) is 6.33. The third-order valence-electron chi connectivity index (χ3n) is 4.37. The highest BCUT2D eigenvalue weighted by atomic mass is 16.6. The van der Waals surface area contributed by atoms with Crippen LogP contribution in [0, 0.1) is 20.2 Å². The van der Waals surface area contributed by atoms with Crippen LogP contribution in [0.2, 0.25) is 0 Å². The van der Waals surface area contributed by atoms with Gasteiger partial charge in [0.05, 0.1) is 15.4 Å². The third-order valence-corrected chi connectivity index (χ3v) is 4.37. The van der Waals surface area contributed by atoms with Gasteiger partial charge in [0.25, 0.3) is 17.3 Å². The molecule has 0 aliphatic rings. The molecule has 0 unspecified atom stereocenters. The molecule has 0 aromatic heterocycles. The average Bonchev–Trinajstić information content (AvgIpc) is 2.75. The fraction of sp³-hybridized carbons (Fsp3) is 0.0952. The Morgan fingerprint density at radius 2 is 1.47 bits per heavy atom. The van der Waals surface area contributed by atoms with Gasteiger partial charge in [-0.1, -0.05) is 30.3 Å². The number of nitro benzene ring substituents is 2.